The van der Waals surface area contributed by atoms with Crippen LogP contribution in [0.15, 0.2) is 29.2 Å². The number of carbonyl (C=O) groups excluding carboxylic acids is 1. The van der Waals surface area contributed by atoms with E-state index < -0.39 is 34.0 Å². The molecule has 1 unspecified atom stereocenters. The third-order valence-corrected chi connectivity index (χ3v) is 6.96. The molecule has 1 heterocycles. The van der Waals surface area contributed by atoms with Gasteiger partial charge in [0.15, 0.2) is 0 Å². The van der Waals surface area contributed by atoms with E-state index in [1.165, 1.54) is 43.1 Å². The molecule has 1 aliphatic heterocycles. The number of carboxylic acid groups (broad SMARTS) is 1. The Morgan fingerprint density at radius 2 is 2.00 bits per heavy atom. The predicted molar refractivity (Wildman–Crippen MR) is 91.7 cm³/mol. The summed E-state index contributed by atoms with van der Waals surface area (Å²) in [5.41, 5.74) is -1.33. The van der Waals surface area contributed by atoms with E-state index >= 15 is 0 Å². The molecule has 2 N–H and O–H groups in total. The van der Waals surface area contributed by atoms with Gasteiger partial charge in [0.1, 0.15) is 5.54 Å². The molecule has 132 valence electrons. The number of aliphatic carboxylic acids is 1. The molecule has 0 aromatic heterocycles. The summed E-state index contributed by atoms with van der Waals surface area (Å²) < 4.78 is 25.7. The molecule has 7 nitrogen and oxygen atoms in total. The molecule has 1 aromatic rings. The molecule has 1 fully saturated rings. The average Bonchev–Trinajstić information content (AvgIpc) is 2.97. The van der Waals surface area contributed by atoms with Gasteiger partial charge in [-0.25, -0.2) is 13.2 Å². The summed E-state index contributed by atoms with van der Waals surface area (Å²) in [7, 11) is -2.60. The molecule has 1 aliphatic rings. The maximum Gasteiger partial charge on any atom is 0.330 e. The fourth-order valence-electron chi connectivity index (χ4n) is 2.27. The number of rotatable bonds is 6. The van der Waals surface area contributed by atoms with Gasteiger partial charge < -0.3 is 10.4 Å². The molecule has 0 radical (unpaired) electrons. The molecule has 1 amide bonds. The van der Waals surface area contributed by atoms with Crippen molar-refractivity contribution in [3.8, 4) is 0 Å². The van der Waals surface area contributed by atoms with Crippen molar-refractivity contribution < 1.29 is 23.1 Å². The second-order valence-electron chi connectivity index (χ2n) is 5.45. The Balaban J connectivity index is 2.08. The number of likely N-dealkylation sites (N-methyl/N-ethyl adjacent to an activating group) is 1. The second kappa shape index (κ2) is 7.30. The first kappa shape index (κ1) is 19.0. The van der Waals surface area contributed by atoms with Crippen molar-refractivity contribution in [2.75, 3.05) is 25.1 Å². The minimum absolute atomic E-state index is 0.00608. The fourth-order valence-corrected chi connectivity index (χ4v) is 4.84. The fraction of sp³-hybridized carbons (Fsp3) is 0.429. The highest BCUT2D eigenvalue weighted by Gasteiger charge is 2.43. The van der Waals surface area contributed by atoms with Crippen molar-refractivity contribution in [2.24, 2.45) is 0 Å². The van der Waals surface area contributed by atoms with E-state index in [0.29, 0.717) is 17.2 Å². The predicted octanol–water partition coefficient (Wildman–Crippen LogP) is 1.04. The molecule has 0 aliphatic carbocycles. The summed E-state index contributed by atoms with van der Waals surface area (Å²) in [6, 6.07) is 5.58. The minimum Gasteiger partial charge on any atom is -0.479 e. The zero-order valence-electron chi connectivity index (χ0n) is 12.9. The van der Waals surface area contributed by atoms with E-state index in [9.17, 15) is 23.1 Å². The van der Waals surface area contributed by atoms with Crippen LogP contribution in [0.5, 0.6) is 0 Å². The first-order valence-electron chi connectivity index (χ1n) is 7.01. The molecular formula is C14H17ClN2O5S2. The Bertz CT molecular complexity index is 730. The number of carboxylic acids is 1. The first-order chi connectivity index (χ1) is 11.2. The highest BCUT2D eigenvalue weighted by Crippen LogP contribution is 2.28. The molecule has 0 spiro atoms. The van der Waals surface area contributed by atoms with Gasteiger partial charge in [-0.3, -0.25) is 4.79 Å². The quantitative estimate of drug-likeness (QED) is 0.749. The smallest absolute Gasteiger partial charge is 0.330 e. The summed E-state index contributed by atoms with van der Waals surface area (Å²) in [6.07, 6.45) is 0.312. The average molecular weight is 393 g/mol. The third kappa shape index (κ3) is 4.02. The normalized spacial score (nSPS) is 21.0. The number of sulfonamides is 1. The molecule has 2 rings (SSSR count). The Hall–Kier alpha value is -1.29. The molecule has 24 heavy (non-hydrogen) atoms. The molecule has 0 saturated carbocycles. The number of carbonyl (C=O) groups is 2. The van der Waals surface area contributed by atoms with Gasteiger partial charge in [0, 0.05) is 17.8 Å². The molecule has 1 saturated heterocycles. The second-order valence-corrected chi connectivity index (χ2v) is 9.04. The number of amides is 1. The highest BCUT2D eigenvalue weighted by molar-refractivity contribution is 7.99. The molecule has 1 aromatic carbocycles. The van der Waals surface area contributed by atoms with E-state index in [1.54, 1.807) is 0 Å². The van der Waals surface area contributed by atoms with E-state index in [0.717, 1.165) is 4.31 Å². The van der Waals surface area contributed by atoms with Crippen molar-refractivity contribution in [1.29, 1.82) is 0 Å². The summed E-state index contributed by atoms with van der Waals surface area (Å²) in [6.45, 7) is -0.468. The van der Waals surface area contributed by atoms with E-state index in [1.807, 2.05) is 0 Å². The van der Waals surface area contributed by atoms with Crippen LogP contribution in [0, 0.1) is 0 Å². The number of thioether (sulfide) groups is 1. The monoisotopic (exact) mass is 392 g/mol. The Morgan fingerprint density at radius 1 is 1.38 bits per heavy atom. The lowest BCUT2D eigenvalue weighted by Gasteiger charge is -2.26. The summed E-state index contributed by atoms with van der Waals surface area (Å²) >= 11 is 7.17. The molecule has 10 heteroatoms. The zero-order valence-corrected chi connectivity index (χ0v) is 15.2. The van der Waals surface area contributed by atoms with Gasteiger partial charge in [-0.2, -0.15) is 16.1 Å². The largest absolute Gasteiger partial charge is 0.479 e. The van der Waals surface area contributed by atoms with Crippen LogP contribution in [-0.2, 0) is 19.6 Å². The lowest BCUT2D eigenvalue weighted by molar-refractivity contribution is -0.146. The standard InChI is InChI=1S/C14H17ClN2O5S2/c1-17(24(21,22)11-4-2-10(15)3-5-11)8-12(18)16-14(13(19)20)6-7-23-9-14/h2-5H,6-9H2,1H3,(H,16,18)(H,19,20). The third-order valence-electron chi connectivity index (χ3n) is 3.70. The zero-order chi connectivity index (χ0) is 18.0. The van der Waals surface area contributed by atoms with Crippen LogP contribution in [0.3, 0.4) is 0 Å². The number of halogens is 1. The number of nitrogens with one attached hydrogen (secondary N) is 1. The number of nitrogens with zero attached hydrogens (tertiary/aromatic N) is 1. The van der Waals surface area contributed by atoms with Gasteiger partial charge in [0.2, 0.25) is 15.9 Å². The van der Waals surface area contributed by atoms with Crippen LogP contribution in [0.2, 0.25) is 5.02 Å². The van der Waals surface area contributed by atoms with Crippen LogP contribution in [0.4, 0.5) is 0 Å². The van der Waals surface area contributed by atoms with E-state index in [2.05, 4.69) is 5.32 Å². The Morgan fingerprint density at radius 3 is 2.50 bits per heavy atom. The summed E-state index contributed by atoms with van der Waals surface area (Å²) in [5.74, 6) is -0.864. The Kier molecular flexibility index (Phi) is 5.79. The van der Waals surface area contributed by atoms with Crippen molar-refractivity contribution in [3.05, 3.63) is 29.3 Å². The number of benzene rings is 1. The van der Waals surface area contributed by atoms with Crippen molar-refractivity contribution in [1.82, 2.24) is 9.62 Å². The topological polar surface area (TPSA) is 104 Å². The van der Waals surface area contributed by atoms with E-state index in [4.69, 9.17) is 11.6 Å². The van der Waals surface area contributed by atoms with Gasteiger partial charge >= 0.3 is 5.97 Å². The summed E-state index contributed by atoms with van der Waals surface area (Å²) in [5, 5.41) is 12.2. The van der Waals surface area contributed by atoms with Gasteiger partial charge in [-0.15, -0.1) is 0 Å². The number of hydrogen-bond acceptors (Lipinski definition) is 5. The van der Waals surface area contributed by atoms with Gasteiger partial charge in [-0.05, 0) is 36.4 Å². The van der Waals surface area contributed by atoms with Crippen molar-refractivity contribution in [2.45, 2.75) is 16.9 Å². The maximum absolute atomic E-state index is 12.4. The summed E-state index contributed by atoms with van der Waals surface area (Å²) in [4.78, 5) is 23.6. The van der Waals surface area contributed by atoms with Crippen LogP contribution in [0.1, 0.15) is 6.42 Å². The van der Waals surface area contributed by atoms with Gasteiger partial charge in [0.05, 0.1) is 11.4 Å². The highest BCUT2D eigenvalue weighted by atomic mass is 35.5. The first-order valence-corrected chi connectivity index (χ1v) is 9.99. The van der Waals surface area contributed by atoms with Crippen LogP contribution >= 0.6 is 23.4 Å². The number of hydrogen-bond donors (Lipinski definition) is 2. The molecule has 0 bridgehead atoms. The maximum atomic E-state index is 12.4. The van der Waals surface area contributed by atoms with Crippen LogP contribution in [-0.4, -0.2) is 60.3 Å². The Labute approximate surface area is 149 Å². The van der Waals surface area contributed by atoms with Gasteiger partial charge in [0.25, 0.3) is 0 Å². The van der Waals surface area contributed by atoms with Crippen LogP contribution in [0.25, 0.3) is 0 Å². The molecule has 1 atom stereocenters. The van der Waals surface area contributed by atoms with Crippen molar-refractivity contribution >= 4 is 45.3 Å². The van der Waals surface area contributed by atoms with Crippen LogP contribution < -0.4 is 5.32 Å². The lowest BCUT2D eigenvalue weighted by Crippen LogP contribution is -2.56. The van der Waals surface area contributed by atoms with E-state index in [-0.39, 0.29) is 10.6 Å². The minimum atomic E-state index is -3.86. The van der Waals surface area contributed by atoms with Crippen molar-refractivity contribution in [3.63, 3.8) is 0 Å². The molecular weight excluding hydrogens is 376 g/mol. The van der Waals surface area contributed by atoms with Gasteiger partial charge in [-0.1, -0.05) is 11.6 Å². The lowest BCUT2D eigenvalue weighted by atomic mass is 9.99. The SMILES string of the molecule is CN(CC(=O)NC1(C(=O)O)CCSC1)S(=O)(=O)c1ccc(Cl)cc1.